The van der Waals surface area contributed by atoms with Gasteiger partial charge in [0.2, 0.25) is 0 Å². The third-order valence-electron chi connectivity index (χ3n) is 3.40. The van der Waals surface area contributed by atoms with Gasteiger partial charge in [-0.1, -0.05) is 6.07 Å². The number of aliphatic carboxylic acids is 1. The molecule has 0 saturated heterocycles. The zero-order valence-electron chi connectivity index (χ0n) is 12.7. The molecule has 22 heavy (non-hydrogen) atoms. The van der Waals surface area contributed by atoms with Crippen molar-refractivity contribution in [1.29, 1.82) is 0 Å². The van der Waals surface area contributed by atoms with Gasteiger partial charge < -0.3 is 19.5 Å². The molecule has 0 heterocycles. The smallest absolute Gasteiger partial charge is 0.323 e. The van der Waals surface area contributed by atoms with Gasteiger partial charge in [-0.2, -0.15) is 0 Å². The van der Waals surface area contributed by atoms with Gasteiger partial charge in [0.1, 0.15) is 12.3 Å². The van der Waals surface area contributed by atoms with E-state index >= 15 is 0 Å². The maximum Gasteiger partial charge on any atom is 0.323 e. The molecule has 1 aliphatic rings. The summed E-state index contributed by atoms with van der Waals surface area (Å²) in [5, 5.41) is 8.95. The van der Waals surface area contributed by atoms with E-state index < -0.39 is 5.97 Å². The maximum atomic E-state index is 12.5. The topological polar surface area (TPSA) is 76.1 Å². The molecule has 6 heteroatoms. The van der Waals surface area contributed by atoms with Crippen LogP contribution in [-0.2, 0) is 9.53 Å². The average Bonchev–Trinajstić information content (AvgIpc) is 3.33. The lowest BCUT2D eigenvalue weighted by atomic mass is 10.2. The lowest BCUT2D eigenvalue weighted by Crippen LogP contribution is -2.37. The third-order valence-corrected chi connectivity index (χ3v) is 3.40. The summed E-state index contributed by atoms with van der Waals surface area (Å²) in [5.74, 6) is -0.646. The van der Waals surface area contributed by atoms with Crippen LogP contribution in [0, 0.1) is 0 Å². The van der Waals surface area contributed by atoms with Crippen LogP contribution in [0.1, 0.15) is 29.6 Å². The van der Waals surface area contributed by atoms with Gasteiger partial charge >= 0.3 is 5.97 Å². The molecule has 0 radical (unpaired) electrons. The molecule has 1 N–H and O–H groups in total. The minimum absolute atomic E-state index is 0.0508. The molecule has 1 saturated carbocycles. The van der Waals surface area contributed by atoms with Crippen molar-refractivity contribution >= 4 is 11.9 Å². The number of carbonyl (C=O) groups is 2. The van der Waals surface area contributed by atoms with Gasteiger partial charge in [0.25, 0.3) is 5.91 Å². The zero-order valence-corrected chi connectivity index (χ0v) is 12.7. The van der Waals surface area contributed by atoms with Crippen LogP contribution in [0.4, 0.5) is 0 Å². The van der Waals surface area contributed by atoms with Crippen LogP contribution in [0.3, 0.4) is 0 Å². The summed E-state index contributed by atoms with van der Waals surface area (Å²) in [7, 11) is 1.63. The van der Waals surface area contributed by atoms with E-state index in [9.17, 15) is 9.59 Å². The Kier molecular flexibility index (Phi) is 5.77. The van der Waals surface area contributed by atoms with Crippen molar-refractivity contribution < 1.29 is 24.2 Å². The van der Waals surface area contributed by atoms with Crippen molar-refractivity contribution in [1.82, 2.24) is 4.90 Å². The van der Waals surface area contributed by atoms with Crippen molar-refractivity contribution in [3.63, 3.8) is 0 Å². The molecule has 1 fully saturated rings. The molecule has 0 spiro atoms. The molecule has 0 aromatic heterocycles. The van der Waals surface area contributed by atoms with Crippen LogP contribution in [0.5, 0.6) is 5.75 Å². The predicted octanol–water partition coefficient (Wildman–Crippen LogP) is 1.79. The average molecular weight is 307 g/mol. The highest BCUT2D eigenvalue weighted by Gasteiger charge is 2.34. The molecule has 0 unspecified atom stereocenters. The van der Waals surface area contributed by atoms with Gasteiger partial charge in [-0.25, -0.2) is 0 Å². The molecule has 1 amide bonds. The van der Waals surface area contributed by atoms with Gasteiger partial charge in [0, 0.05) is 31.7 Å². The fourth-order valence-electron chi connectivity index (χ4n) is 2.18. The van der Waals surface area contributed by atoms with Gasteiger partial charge in [-0.05, 0) is 31.0 Å². The Balaban J connectivity index is 2.00. The molecule has 1 aromatic rings. The lowest BCUT2D eigenvalue weighted by Gasteiger charge is -2.20. The number of benzene rings is 1. The van der Waals surface area contributed by atoms with Crippen molar-refractivity contribution in [3.8, 4) is 5.75 Å². The fraction of sp³-hybridized carbons (Fsp3) is 0.500. The highest BCUT2D eigenvalue weighted by atomic mass is 16.5. The first-order valence-corrected chi connectivity index (χ1v) is 7.36. The number of carboxylic acid groups (broad SMARTS) is 1. The number of hydrogen-bond donors (Lipinski definition) is 1. The number of hydrogen-bond acceptors (Lipinski definition) is 4. The van der Waals surface area contributed by atoms with E-state index in [0.29, 0.717) is 24.5 Å². The number of carboxylic acids is 1. The van der Waals surface area contributed by atoms with Crippen LogP contribution in [0.2, 0.25) is 0 Å². The van der Waals surface area contributed by atoms with Crippen molar-refractivity contribution in [2.75, 3.05) is 26.9 Å². The van der Waals surface area contributed by atoms with Crippen LogP contribution >= 0.6 is 0 Å². The number of rotatable bonds is 9. The van der Waals surface area contributed by atoms with E-state index in [2.05, 4.69) is 0 Å². The van der Waals surface area contributed by atoms with Gasteiger partial charge in [0.05, 0.1) is 6.61 Å². The second kappa shape index (κ2) is 7.79. The molecule has 2 rings (SSSR count). The quantitative estimate of drug-likeness (QED) is 0.704. The lowest BCUT2D eigenvalue weighted by molar-refractivity contribution is -0.137. The Bertz CT molecular complexity index is 527. The summed E-state index contributed by atoms with van der Waals surface area (Å²) in [6.45, 7) is 0.863. The number of carbonyl (C=O) groups excluding carboxylic acids is 1. The van der Waals surface area contributed by atoms with Gasteiger partial charge in [0.15, 0.2) is 0 Å². The number of nitrogens with zero attached hydrogens (tertiary/aromatic N) is 1. The van der Waals surface area contributed by atoms with Crippen LogP contribution in [0.25, 0.3) is 0 Å². The van der Waals surface area contributed by atoms with Crippen LogP contribution < -0.4 is 4.74 Å². The van der Waals surface area contributed by atoms with Crippen molar-refractivity contribution in [2.45, 2.75) is 25.3 Å². The normalized spacial score (nSPS) is 13.7. The summed E-state index contributed by atoms with van der Waals surface area (Å²) in [6, 6.07) is 6.91. The van der Waals surface area contributed by atoms with Gasteiger partial charge in [-0.3, -0.25) is 9.59 Å². The standard InChI is InChI=1S/C16H21NO5/c1-21-8-3-9-22-14-5-2-4-12(10-14)16(20)17(11-15(18)19)13-6-7-13/h2,4-5,10,13H,3,6-9,11H2,1H3,(H,18,19). The summed E-state index contributed by atoms with van der Waals surface area (Å²) >= 11 is 0. The van der Waals surface area contributed by atoms with E-state index in [1.54, 1.807) is 31.4 Å². The molecule has 0 atom stereocenters. The second-order valence-electron chi connectivity index (χ2n) is 5.28. The SMILES string of the molecule is COCCCOc1cccc(C(=O)N(CC(=O)O)C2CC2)c1. The van der Waals surface area contributed by atoms with Crippen LogP contribution in [-0.4, -0.2) is 54.8 Å². The Morgan fingerprint density at radius 1 is 1.32 bits per heavy atom. The summed E-state index contributed by atoms with van der Waals surface area (Å²) in [6.07, 6.45) is 2.50. The summed E-state index contributed by atoms with van der Waals surface area (Å²) < 4.78 is 10.5. The first-order chi connectivity index (χ1) is 10.6. The number of ether oxygens (including phenoxy) is 2. The maximum absolute atomic E-state index is 12.5. The Labute approximate surface area is 129 Å². The fourth-order valence-corrected chi connectivity index (χ4v) is 2.18. The first kappa shape index (κ1) is 16.3. The van der Waals surface area contributed by atoms with E-state index in [1.165, 1.54) is 4.90 Å². The van der Waals surface area contributed by atoms with Crippen molar-refractivity contribution in [2.24, 2.45) is 0 Å². The highest BCUT2D eigenvalue weighted by Crippen LogP contribution is 2.28. The van der Waals surface area contributed by atoms with Crippen LogP contribution in [0.15, 0.2) is 24.3 Å². The van der Waals surface area contributed by atoms with E-state index in [-0.39, 0.29) is 18.5 Å². The van der Waals surface area contributed by atoms with Gasteiger partial charge in [-0.15, -0.1) is 0 Å². The second-order valence-corrected chi connectivity index (χ2v) is 5.28. The molecule has 6 nitrogen and oxygen atoms in total. The Morgan fingerprint density at radius 3 is 2.73 bits per heavy atom. The highest BCUT2D eigenvalue weighted by molar-refractivity contribution is 5.96. The molecule has 0 bridgehead atoms. The number of methoxy groups -OCH3 is 1. The molecule has 1 aliphatic carbocycles. The minimum Gasteiger partial charge on any atom is -0.493 e. The molecule has 120 valence electrons. The zero-order chi connectivity index (χ0) is 15.9. The summed E-state index contributed by atoms with van der Waals surface area (Å²) in [5.41, 5.74) is 0.456. The molecular formula is C16H21NO5. The van der Waals surface area contributed by atoms with E-state index in [4.69, 9.17) is 14.6 Å². The largest absolute Gasteiger partial charge is 0.493 e. The van der Waals surface area contributed by atoms with Crippen molar-refractivity contribution in [3.05, 3.63) is 29.8 Å². The predicted molar refractivity (Wildman–Crippen MR) is 80.1 cm³/mol. The Morgan fingerprint density at radius 2 is 2.09 bits per heavy atom. The molecule has 0 aliphatic heterocycles. The summed E-state index contributed by atoms with van der Waals surface area (Å²) in [4.78, 5) is 24.8. The number of amides is 1. The molecule has 1 aromatic carbocycles. The Hall–Kier alpha value is -2.08. The van der Waals surface area contributed by atoms with E-state index in [0.717, 1.165) is 19.3 Å². The van der Waals surface area contributed by atoms with E-state index in [1.807, 2.05) is 0 Å². The monoisotopic (exact) mass is 307 g/mol. The first-order valence-electron chi connectivity index (χ1n) is 7.36. The molecular weight excluding hydrogens is 286 g/mol. The third kappa shape index (κ3) is 4.73. The minimum atomic E-state index is -0.993.